The van der Waals surface area contributed by atoms with Gasteiger partial charge in [-0.15, -0.1) is 0 Å². The van der Waals surface area contributed by atoms with E-state index >= 15 is 0 Å². The maximum absolute atomic E-state index is 2.57. The van der Waals surface area contributed by atoms with Gasteiger partial charge in [0.2, 0.25) is 0 Å². The van der Waals surface area contributed by atoms with E-state index in [9.17, 15) is 0 Å². The Balaban J connectivity index is 1.71. The minimum absolute atomic E-state index is 0.467. The van der Waals surface area contributed by atoms with Crippen LogP contribution in [0.4, 0.5) is 0 Å². The van der Waals surface area contributed by atoms with Gasteiger partial charge >= 0.3 is 0 Å². The molecule has 0 nitrogen and oxygen atoms in total. The number of aryl methyl sites for hydroxylation is 1. The molecule has 0 N–H and O–H groups in total. The molecule has 23 heavy (non-hydrogen) atoms. The van der Waals surface area contributed by atoms with E-state index < -0.39 is 0 Å². The van der Waals surface area contributed by atoms with Gasteiger partial charge in [-0.05, 0) is 77.3 Å². The Labute approximate surface area is 139 Å². The van der Waals surface area contributed by atoms with Crippen molar-refractivity contribution < 1.29 is 0 Å². The molecule has 0 heterocycles. The molecule has 0 amide bonds. The van der Waals surface area contributed by atoms with Gasteiger partial charge in [-0.1, -0.05) is 56.3 Å². The first-order valence-corrected chi connectivity index (χ1v) is 9.41. The third-order valence-corrected chi connectivity index (χ3v) is 6.87. The monoisotopic (exact) mass is 302 g/mol. The largest absolute Gasteiger partial charge is 0.0851 e. The van der Waals surface area contributed by atoms with Gasteiger partial charge in [0.1, 0.15) is 0 Å². The normalized spacial score (nSPS) is 31.4. The van der Waals surface area contributed by atoms with Gasteiger partial charge in [0, 0.05) is 5.41 Å². The highest BCUT2D eigenvalue weighted by atomic mass is 14.5. The molecule has 3 unspecified atom stereocenters. The highest BCUT2D eigenvalue weighted by Crippen LogP contribution is 2.58. The molecular formula is C23H26. The number of hydrogen-bond donors (Lipinski definition) is 0. The van der Waals surface area contributed by atoms with Crippen LogP contribution in [0.1, 0.15) is 62.1 Å². The van der Waals surface area contributed by atoms with Crippen LogP contribution in [-0.2, 0) is 11.8 Å². The first kappa shape index (κ1) is 13.8. The third kappa shape index (κ3) is 1.90. The van der Waals surface area contributed by atoms with Crippen molar-refractivity contribution in [3.63, 3.8) is 0 Å². The molecule has 3 aliphatic rings. The molecule has 0 radical (unpaired) electrons. The molecule has 2 aromatic rings. The smallest absolute Gasteiger partial charge is 0.00246 e. The second-order valence-corrected chi connectivity index (χ2v) is 8.47. The van der Waals surface area contributed by atoms with Gasteiger partial charge in [0.05, 0.1) is 0 Å². The first-order chi connectivity index (χ1) is 11.2. The second kappa shape index (κ2) is 4.72. The maximum atomic E-state index is 2.57. The zero-order valence-corrected chi connectivity index (χ0v) is 14.3. The van der Waals surface area contributed by atoms with E-state index in [1.165, 1.54) is 48.4 Å². The van der Waals surface area contributed by atoms with Crippen molar-refractivity contribution in [1.29, 1.82) is 0 Å². The van der Waals surface area contributed by atoms with Crippen molar-refractivity contribution in [2.45, 2.75) is 57.3 Å². The second-order valence-electron chi connectivity index (χ2n) is 8.47. The zero-order chi connectivity index (χ0) is 15.6. The minimum atomic E-state index is 0.467. The molecule has 1 fully saturated rings. The van der Waals surface area contributed by atoms with E-state index in [0.717, 1.165) is 11.8 Å². The fourth-order valence-corrected chi connectivity index (χ4v) is 5.67. The lowest BCUT2D eigenvalue weighted by atomic mass is 9.63. The van der Waals surface area contributed by atoms with Crippen LogP contribution in [0, 0.1) is 11.8 Å². The molecule has 0 aromatic heterocycles. The van der Waals surface area contributed by atoms with E-state index in [-0.39, 0.29) is 0 Å². The van der Waals surface area contributed by atoms with Crippen molar-refractivity contribution in [3.8, 4) is 0 Å². The summed E-state index contributed by atoms with van der Waals surface area (Å²) in [5.41, 5.74) is 5.28. The Morgan fingerprint density at radius 2 is 1.96 bits per heavy atom. The van der Waals surface area contributed by atoms with E-state index in [1.54, 1.807) is 11.1 Å². The van der Waals surface area contributed by atoms with Crippen LogP contribution in [0.25, 0.3) is 10.8 Å². The molecule has 1 saturated carbocycles. The van der Waals surface area contributed by atoms with E-state index in [2.05, 4.69) is 56.3 Å². The standard InChI is InChI=1S/C23H26/c1-15(2)17-6-7-18-12-19-4-3-9-23(22(19)13-20(18)11-17)14-16-5-8-21(23)10-16/h5-8,11-13,15-16,21H,3-4,9-10,14H2,1-2H3. The Hall–Kier alpha value is -1.56. The Kier molecular flexibility index (Phi) is 2.84. The van der Waals surface area contributed by atoms with Gasteiger partial charge in [-0.2, -0.15) is 0 Å². The van der Waals surface area contributed by atoms with Crippen LogP contribution in [0.3, 0.4) is 0 Å². The summed E-state index contributed by atoms with van der Waals surface area (Å²) in [5, 5.41) is 2.90. The van der Waals surface area contributed by atoms with Gasteiger partial charge in [0.15, 0.2) is 0 Å². The van der Waals surface area contributed by atoms with Crippen LogP contribution in [0.15, 0.2) is 42.5 Å². The van der Waals surface area contributed by atoms with Gasteiger partial charge in [-0.3, -0.25) is 0 Å². The SMILES string of the molecule is CC(C)c1ccc2cc3c(cc2c1)C1(CCC3)CC2C=CC1C2. The summed E-state index contributed by atoms with van der Waals surface area (Å²) in [6, 6.07) is 12.2. The quantitative estimate of drug-likeness (QED) is 0.556. The maximum Gasteiger partial charge on any atom is 0.00246 e. The van der Waals surface area contributed by atoms with Crippen LogP contribution in [0.5, 0.6) is 0 Å². The molecule has 2 bridgehead atoms. The summed E-state index contributed by atoms with van der Waals surface area (Å²) in [4.78, 5) is 0. The molecule has 2 aromatic carbocycles. The topological polar surface area (TPSA) is 0 Å². The summed E-state index contributed by atoms with van der Waals surface area (Å²) in [6.07, 6.45) is 11.9. The summed E-state index contributed by atoms with van der Waals surface area (Å²) < 4.78 is 0. The Morgan fingerprint density at radius 1 is 1.04 bits per heavy atom. The minimum Gasteiger partial charge on any atom is -0.0851 e. The molecule has 0 aliphatic heterocycles. The predicted molar refractivity (Wildman–Crippen MR) is 98.0 cm³/mol. The molecule has 0 saturated heterocycles. The van der Waals surface area contributed by atoms with Crippen molar-refractivity contribution in [1.82, 2.24) is 0 Å². The van der Waals surface area contributed by atoms with E-state index in [0.29, 0.717) is 11.3 Å². The van der Waals surface area contributed by atoms with E-state index in [4.69, 9.17) is 0 Å². The van der Waals surface area contributed by atoms with Gasteiger partial charge in [0.25, 0.3) is 0 Å². The zero-order valence-electron chi connectivity index (χ0n) is 14.3. The summed E-state index contributed by atoms with van der Waals surface area (Å²) in [7, 11) is 0. The fraction of sp³-hybridized carbons (Fsp3) is 0.478. The Bertz CT molecular complexity index is 810. The van der Waals surface area contributed by atoms with Crippen molar-refractivity contribution >= 4 is 10.8 Å². The van der Waals surface area contributed by atoms with Crippen LogP contribution in [-0.4, -0.2) is 0 Å². The summed E-state index contributed by atoms with van der Waals surface area (Å²) in [6.45, 7) is 4.59. The number of benzene rings is 2. The van der Waals surface area contributed by atoms with Gasteiger partial charge < -0.3 is 0 Å². The number of hydrogen-bond acceptors (Lipinski definition) is 0. The Morgan fingerprint density at radius 3 is 2.70 bits per heavy atom. The lowest BCUT2D eigenvalue weighted by Crippen LogP contribution is -2.35. The average molecular weight is 302 g/mol. The van der Waals surface area contributed by atoms with E-state index in [1.807, 2.05) is 0 Å². The summed E-state index contributed by atoms with van der Waals surface area (Å²) >= 11 is 0. The molecular weight excluding hydrogens is 276 g/mol. The van der Waals surface area contributed by atoms with Crippen molar-refractivity contribution in [2.75, 3.05) is 0 Å². The van der Waals surface area contributed by atoms with Gasteiger partial charge in [-0.25, -0.2) is 0 Å². The highest BCUT2D eigenvalue weighted by Gasteiger charge is 2.50. The highest BCUT2D eigenvalue weighted by molar-refractivity contribution is 5.85. The number of rotatable bonds is 1. The van der Waals surface area contributed by atoms with Crippen LogP contribution < -0.4 is 0 Å². The van der Waals surface area contributed by atoms with Crippen LogP contribution in [0.2, 0.25) is 0 Å². The predicted octanol–water partition coefficient (Wildman–Crippen LogP) is 6.13. The third-order valence-electron chi connectivity index (χ3n) is 6.87. The molecule has 5 rings (SSSR count). The number of allylic oxidation sites excluding steroid dienone is 2. The lowest BCUT2D eigenvalue weighted by Gasteiger charge is -2.41. The molecule has 0 heteroatoms. The van der Waals surface area contributed by atoms with Crippen LogP contribution >= 0.6 is 0 Å². The molecule has 1 spiro atoms. The molecule has 3 aliphatic carbocycles. The number of fused-ring (bicyclic) bond motifs is 6. The fourth-order valence-electron chi connectivity index (χ4n) is 5.67. The summed E-state index contributed by atoms with van der Waals surface area (Å²) in [5.74, 6) is 2.26. The lowest BCUT2D eigenvalue weighted by molar-refractivity contribution is 0.304. The molecule has 3 atom stereocenters. The first-order valence-electron chi connectivity index (χ1n) is 9.41. The molecule has 118 valence electrons. The average Bonchev–Trinajstić information content (AvgIpc) is 3.14. The van der Waals surface area contributed by atoms with Crippen molar-refractivity contribution in [3.05, 3.63) is 59.2 Å². The van der Waals surface area contributed by atoms with Crippen molar-refractivity contribution in [2.24, 2.45) is 11.8 Å².